The third kappa shape index (κ3) is 1.16. The molecule has 2 aliphatic rings. The van der Waals surface area contributed by atoms with E-state index >= 15 is 0 Å². The van der Waals surface area contributed by atoms with E-state index in [1.165, 1.54) is 12.8 Å². The number of fused-ring (bicyclic) bond motifs is 1. The monoisotopic (exact) mass is 163 g/mol. The van der Waals surface area contributed by atoms with Crippen LogP contribution in [0.3, 0.4) is 0 Å². The van der Waals surface area contributed by atoms with Crippen molar-refractivity contribution < 1.29 is 4.74 Å². The lowest BCUT2D eigenvalue weighted by atomic mass is 10.2. The molecule has 1 aliphatic carbocycles. The Morgan fingerprint density at radius 1 is 1.50 bits per heavy atom. The second-order valence-electron chi connectivity index (χ2n) is 3.04. The number of nitrogens with two attached hydrogens (primary N) is 1. The number of rotatable bonds is 1. The number of hydrogen-bond acceptors (Lipinski definition) is 2. The summed E-state index contributed by atoms with van der Waals surface area (Å²) in [6.45, 7) is 1.80. The van der Waals surface area contributed by atoms with Gasteiger partial charge in [0.25, 0.3) is 0 Å². The third-order valence-electron chi connectivity index (χ3n) is 2.52. The fraction of sp³-hybridized carbons (Fsp3) is 1.00. The normalized spacial score (nSPS) is 43.5. The second kappa shape index (κ2) is 3.07. The van der Waals surface area contributed by atoms with Crippen LogP contribution < -0.4 is 5.73 Å². The van der Waals surface area contributed by atoms with Crippen molar-refractivity contribution in [1.82, 2.24) is 0 Å². The molecule has 10 heavy (non-hydrogen) atoms. The zero-order valence-corrected chi connectivity index (χ0v) is 6.77. The molecular weight excluding hydrogens is 150 g/mol. The van der Waals surface area contributed by atoms with Gasteiger partial charge in [0.15, 0.2) is 0 Å². The van der Waals surface area contributed by atoms with Crippen molar-refractivity contribution in [2.75, 3.05) is 13.2 Å². The lowest BCUT2D eigenvalue weighted by Crippen LogP contribution is -2.07. The molecule has 1 saturated carbocycles. The molecule has 3 atom stereocenters. The van der Waals surface area contributed by atoms with Crippen molar-refractivity contribution in [3.63, 3.8) is 0 Å². The van der Waals surface area contributed by atoms with Crippen LogP contribution in [0.25, 0.3) is 0 Å². The van der Waals surface area contributed by atoms with Crippen molar-refractivity contribution in [2.45, 2.75) is 18.9 Å². The van der Waals surface area contributed by atoms with Crippen LogP contribution in [0.1, 0.15) is 12.8 Å². The van der Waals surface area contributed by atoms with Crippen molar-refractivity contribution in [3.8, 4) is 0 Å². The molecule has 0 aromatic rings. The minimum atomic E-state index is 0. The van der Waals surface area contributed by atoms with Crippen LogP contribution in [0.2, 0.25) is 0 Å². The quantitative estimate of drug-likeness (QED) is 0.621. The molecule has 0 aromatic heterocycles. The molecule has 2 fully saturated rings. The molecule has 3 heteroatoms. The van der Waals surface area contributed by atoms with E-state index in [2.05, 4.69) is 0 Å². The molecular formula is C7H14ClNO. The van der Waals surface area contributed by atoms with Gasteiger partial charge in [-0.15, -0.1) is 12.4 Å². The molecule has 1 saturated heterocycles. The maximum absolute atomic E-state index is 5.51. The molecule has 1 aliphatic heterocycles. The predicted octanol–water partition coefficient (Wildman–Crippen LogP) is 0.792. The fourth-order valence-electron chi connectivity index (χ4n) is 1.88. The van der Waals surface area contributed by atoms with Gasteiger partial charge in [0.2, 0.25) is 0 Å². The van der Waals surface area contributed by atoms with Gasteiger partial charge >= 0.3 is 0 Å². The average Bonchev–Trinajstić information content (AvgIpc) is 2.60. The molecule has 0 aromatic carbocycles. The molecule has 3 unspecified atom stereocenters. The van der Waals surface area contributed by atoms with Gasteiger partial charge in [0, 0.05) is 12.5 Å². The number of hydrogen-bond donors (Lipinski definition) is 1. The van der Waals surface area contributed by atoms with E-state index in [1.807, 2.05) is 0 Å². The zero-order valence-electron chi connectivity index (χ0n) is 5.95. The molecule has 0 amide bonds. The Hall–Kier alpha value is 0.210. The first-order chi connectivity index (χ1) is 4.43. The van der Waals surface area contributed by atoms with E-state index < -0.39 is 0 Å². The van der Waals surface area contributed by atoms with Crippen LogP contribution in [0.5, 0.6) is 0 Å². The molecule has 0 spiro atoms. The highest BCUT2D eigenvalue weighted by Gasteiger charge is 2.51. The lowest BCUT2D eigenvalue weighted by Gasteiger charge is -2.07. The Balaban J connectivity index is 0.000000500. The summed E-state index contributed by atoms with van der Waals surface area (Å²) >= 11 is 0. The van der Waals surface area contributed by atoms with Gasteiger partial charge < -0.3 is 10.5 Å². The number of halogens is 1. The fourth-order valence-corrected chi connectivity index (χ4v) is 1.88. The van der Waals surface area contributed by atoms with Crippen molar-refractivity contribution >= 4 is 12.4 Å². The summed E-state index contributed by atoms with van der Waals surface area (Å²) in [6, 6.07) is 0. The van der Waals surface area contributed by atoms with Gasteiger partial charge in [-0.05, 0) is 25.3 Å². The average molecular weight is 164 g/mol. The van der Waals surface area contributed by atoms with E-state index in [0.717, 1.165) is 19.1 Å². The summed E-state index contributed by atoms with van der Waals surface area (Å²) in [5, 5.41) is 0. The first-order valence-corrected chi connectivity index (χ1v) is 3.75. The first-order valence-electron chi connectivity index (χ1n) is 3.75. The smallest absolute Gasteiger partial charge is 0.0651 e. The summed E-state index contributed by atoms with van der Waals surface area (Å²) in [7, 11) is 0. The SMILES string of the molecule is Cl.NCC1C2CCCOC12. The van der Waals surface area contributed by atoms with Gasteiger partial charge in [-0.3, -0.25) is 0 Å². The maximum atomic E-state index is 5.51. The van der Waals surface area contributed by atoms with E-state index in [-0.39, 0.29) is 12.4 Å². The van der Waals surface area contributed by atoms with Crippen LogP contribution in [-0.4, -0.2) is 19.3 Å². The van der Waals surface area contributed by atoms with Crippen LogP contribution in [0.15, 0.2) is 0 Å². The molecule has 0 radical (unpaired) electrons. The van der Waals surface area contributed by atoms with Crippen molar-refractivity contribution in [3.05, 3.63) is 0 Å². The molecule has 2 N–H and O–H groups in total. The van der Waals surface area contributed by atoms with Crippen LogP contribution in [-0.2, 0) is 4.74 Å². The predicted molar refractivity (Wildman–Crippen MR) is 42.3 cm³/mol. The Kier molecular flexibility index (Phi) is 2.55. The first kappa shape index (κ1) is 8.31. The molecule has 1 heterocycles. The Bertz CT molecular complexity index is 101. The summed E-state index contributed by atoms with van der Waals surface area (Å²) in [4.78, 5) is 0. The molecule has 0 bridgehead atoms. The van der Waals surface area contributed by atoms with Crippen LogP contribution in [0, 0.1) is 11.8 Å². The summed E-state index contributed by atoms with van der Waals surface area (Å²) < 4.78 is 5.48. The summed E-state index contributed by atoms with van der Waals surface area (Å²) in [5.74, 6) is 1.55. The van der Waals surface area contributed by atoms with Gasteiger partial charge in [-0.1, -0.05) is 0 Å². The van der Waals surface area contributed by atoms with Crippen molar-refractivity contribution in [1.29, 1.82) is 0 Å². The van der Waals surface area contributed by atoms with E-state index in [1.54, 1.807) is 0 Å². The van der Waals surface area contributed by atoms with Gasteiger partial charge in [0.05, 0.1) is 6.10 Å². The number of ether oxygens (including phenoxy) is 1. The summed E-state index contributed by atoms with van der Waals surface area (Å²) in [5.41, 5.74) is 5.51. The van der Waals surface area contributed by atoms with Gasteiger partial charge in [-0.2, -0.15) is 0 Å². The highest BCUT2D eigenvalue weighted by Crippen LogP contribution is 2.46. The van der Waals surface area contributed by atoms with Crippen LogP contribution >= 0.6 is 12.4 Å². The lowest BCUT2D eigenvalue weighted by molar-refractivity contribution is 0.0757. The van der Waals surface area contributed by atoms with E-state index in [9.17, 15) is 0 Å². The highest BCUT2D eigenvalue weighted by molar-refractivity contribution is 5.85. The van der Waals surface area contributed by atoms with Crippen LogP contribution in [0.4, 0.5) is 0 Å². The molecule has 2 rings (SSSR count). The van der Waals surface area contributed by atoms with Gasteiger partial charge in [-0.25, -0.2) is 0 Å². The van der Waals surface area contributed by atoms with Crippen molar-refractivity contribution in [2.24, 2.45) is 17.6 Å². The minimum absolute atomic E-state index is 0. The van der Waals surface area contributed by atoms with E-state index in [0.29, 0.717) is 12.0 Å². The third-order valence-corrected chi connectivity index (χ3v) is 2.52. The summed E-state index contributed by atoms with van der Waals surface area (Å²) in [6.07, 6.45) is 3.16. The highest BCUT2D eigenvalue weighted by atomic mass is 35.5. The second-order valence-corrected chi connectivity index (χ2v) is 3.04. The topological polar surface area (TPSA) is 35.2 Å². The minimum Gasteiger partial charge on any atom is -0.378 e. The largest absolute Gasteiger partial charge is 0.378 e. The maximum Gasteiger partial charge on any atom is 0.0651 e. The zero-order chi connectivity index (χ0) is 6.27. The standard InChI is InChI=1S/C7H13NO.ClH/c8-4-6-5-2-1-3-9-7(5)6;/h5-7H,1-4,8H2;1H. The Labute approximate surface area is 67.5 Å². The molecule has 2 nitrogen and oxygen atoms in total. The Morgan fingerprint density at radius 3 is 2.80 bits per heavy atom. The Morgan fingerprint density at radius 2 is 2.30 bits per heavy atom. The molecule has 60 valence electrons. The van der Waals surface area contributed by atoms with E-state index in [4.69, 9.17) is 10.5 Å². The van der Waals surface area contributed by atoms with Gasteiger partial charge in [0.1, 0.15) is 0 Å².